The lowest BCUT2D eigenvalue weighted by Crippen LogP contribution is -2.28. The molecule has 1 saturated carbocycles. The van der Waals surface area contributed by atoms with Crippen LogP contribution in [-0.2, 0) is 6.42 Å². The molecule has 1 aromatic carbocycles. The minimum absolute atomic E-state index is 0.219. The summed E-state index contributed by atoms with van der Waals surface area (Å²) in [7, 11) is 0. The number of hydrogen-bond acceptors (Lipinski definition) is 3. The number of aryl methyl sites for hydroxylation is 1. The molecular formula is C22H21F3O3S. The zero-order chi connectivity index (χ0) is 21.0. The minimum atomic E-state index is -4.38. The molecule has 154 valence electrons. The van der Waals surface area contributed by atoms with E-state index >= 15 is 0 Å². The molecule has 1 fully saturated rings. The highest BCUT2D eigenvalue weighted by Gasteiger charge is 2.53. The maximum atomic E-state index is 13.5. The van der Waals surface area contributed by atoms with E-state index in [1.807, 2.05) is 6.07 Å². The van der Waals surface area contributed by atoms with E-state index in [2.05, 4.69) is 11.8 Å². The predicted molar refractivity (Wildman–Crippen MR) is 105 cm³/mol. The number of carboxylic acids is 1. The predicted octanol–water partition coefficient (Wildman–Crippen LogP) is 5.00. The van der Waals surface area contributed by atoms with Gasteiger partial charge >= 0.3 is 12.1 Å². The Kier molecular flexibility index (Phi) is 6.66. The molecule has 1 heterocycles. The van der Waals surface area contributed by atoms with Gasteiger partial charge in [-0.05, 0) is 55.9 Å². The summed E-state index contributed by atoms with van der Waals surface area (Å²) in [5, 5.41) is 19.3. The van der Waals surface area contributed by atoms with Crippen molar-refractivity contribution in [1.82, 2.24) is 0 Å². The lowest BCUT2D eigenvalue weighted by molar-refractivity contribution is -0.185. The van der Waals surface area contributed by atoms with Crippen molar-refractivity contribution in [2.75, 3.05) is 0 Å². The number of aliphatic hydroxyl groups excluding tert-OH is 1. The number of alkyl halides is 3. The van der Waals surface area contributed by atoms with Crippen LogP contribution in [-0.4, -0.2) is 28.5 Å². The first-order valence-corrected chi connectivity index (χ1v) is 10.2. The molecule has 1 aliphatic carbocycles. The van der Waals surface area contributed by atoms with Crippen LogP contribution in [0.4, 0.5) is 13.2 Å². The Bertz CT molecular complexity index is 895. The number of aromatic carboxylic acids is 1. The van der Waals surface area contributed by atoms with Crippen molar-refractivity contribution in [3.05, 3.63) is 57.8 Å². The topological polar surface area (TPSA) is 57.5 Å². The first kappa shape index (κ1) is 21.4. The molecule has 0 amide bonds. The Hall–Kier alpha value is -2.30. The first-order valence-electron chi connectivity index (χ1n) is 9.39. The Labute approximate surface area is 171 Å². The van der Waals surface area contributed by atoms with E-state index in [-0.39, 0.29) is 17.7 Å². The molecule has 1 aliphatic rings. The Balaban J connectivity index is 1.72. The third-order valence-corrected chi connectivity index (χ3v) is 6.43. The van der Waals surface area contributed by atoms with E-state index < -0.39 is 36.0 Å². The monoisotopic (exact) mass is 422 g/mol. The molecule has 1 aromatic heterocycles. The summed E-state index contributed by atoms with van der Waals surface area (Å²) in [6.45, 7) is 0. The molecule has 0 bridgehead atoms. The molecule has 0 aliphatic heterocycles. The number of hydrogen-bond donors (Lipinski definition) is 2. The van der Waals surface area contributed by atoms with Crippen LogP contribution in [0.5, 0.6) is 0 Å². The maximum Gasteiger partial charge on any atom is 0.392 e. The SMILES string of the molecule is O=C(O)c1ccc(CCC[C@@H]2[C@@H](C#Cc3ccccc3)[C@H](O)C[C@H]2C(F)(F)F)s1. The number of carboxylic acid groups (broad SMARTS) is 1. The van der Waals surface area contributed by atoms with Crippen molar-refractivity contribution in [1.29, 1.82) is 0 Å². The zero-order valence-corrected chi connectivity index (χ0v) is 16.3. The van der Waals surface area contributed by atoms with Gasteiger partial charge in [0.1, 0.15) is 4.88 Å². The molecule has 29 heavy (non-hydrogen) atoms. The lowest BCUT2D eigenvalue weighted by atomic mass is 9.84. The van der Waals surface area contributed by atoms with Crippen LogP contribution in [0.15, 0.2) is 42.5 Å². The number of thiophene rings is 1. The number of carbonyl (C=O) groups is 1. The molecule has 4 atom stereocenters. The van der Waals surface area contributed by atoms with Crippen molar-refractivity contribution in [2.24, 2.45) is 17.8 Å². The van der Waals surface area contributed by atoms with Crippen LogP contribution in [0.25, 0.3) is 0 Å². The van der Waals surface area contributed by atoms with Crippen LogP contribution < -0.4 is 0 Å². The van der Waals surface area contributed by atoms with Crippen LogP contribution in [0.3, 0.4) is 0 Å². The lowest BCUT2D eigenvalue weighted by Gasteiger charge is -2.24. The van der Waals surface area contributed by atoms with Gasteiger partial charge < -0.3 is 10.2 Å². The summed E-state index contributed by atoms with van der Waals surface area (Å²) in [6.07, 6.45) is -4.56. The fraction of sp³-hybridized carbons (Fsp3) is 0.409. The first-order chi connectivity index (χ1) is 13.8. The molecule has 0 spiro atoms. The highest BCUT2D eigenvalue weighted by atomic mass is 32.1. The normalized spacial score (nSPS) is 24.1. The Morgan fingerprint density at radius 1 is 1.17 bits per heavy atom. The fourth-order valence-corrected chi connectivity index (χ4v) is 4.79. The molecule has 3 rings (SSSR count). The number of rotatable bonds is 5. The summed E-state index contributed by atoms with van der Waals surface area (Å²) >= 11 is 1.14. The summed E-state index contributed by atoms with van der Waals surface area (Å²) in [5.74, 6) is 1.70. The van der Waals surface area contributed by atoms with Gasteiger partial charge in [0.15, 0.2) is 0 Å². The van der Waals surface area contributed by atoms with Gasteiger partial charge in [-0.1, -0.05) is 30.0 Å². The zero-order valence-electron chi connectivity index (χ0n) is 15.5. The molecule has 7 heteroatoms. The van der Waals surface area contributed by atoms with Gasteiger partial charge in [-0.25, -0.2) is 4.79 Å². The van der Waals surface area contributed by atoms with Crippen molar-refractivity contribution >= 4 is 17.3 Å². The molecule has 3 nitrogen and oxygen atoms in total. The van der Waals surface area contributed by atoms with Crippen LogP contribution in [0.2, 0.25) is 0 Å². The third kappa shape index (κ3) is 5.40. The van der Waals surface area contributed by atoms with Crippen LogP contribution in [0, 0.1) is 29.6 Å². The average Bonchev–Trinajstić information content (AvgIpc) is 3.26. The highest BCUT2D eigenvalue weighted by molar-refractivity contribution is 7.13. The molecule has 0 saturated heterocycles. The average molecular weight is 422 g/mol. The van der Waals surface area contributed by atoms with Crippen molar-refractivity contribution in [3.63, 3.8) is 0 Å². The van der Waals surface area contributed by atoms with Gasteiger partial charge in [0.2, 0.25) is 0 Å². The number of benzene rings is 1. The van der Waals surface area contributed by atoms with Crippen molar-refractivity contribution < 1.29 is 28.2 Å². The smallest absolute Gasteiger partial charge is 0.392 e. The molecule has 2 aromatic rings. The van der Waals surface area contributed by atoms with Gasteiger partial charge in [-0.3, -0.25) is 0 Å². The summed E-state index contributed by atoms with van der Waals surface area (Å²) in [5.41, 5.74) is 0.702. The van der Waals surface area contributed by atoms with E-state index in [1.54, 1.807) is 30.3 Å². The maximum absolute atomic E-state index is 13.5. The number of aliphatic hydroxyl groups is 1. The second kappa shape index (κ2) is 9.02. The van der Waals surface area contributed by atoms with E-state index in [0.717, 1.165) is 16.2 Å². The Morgan fingerprint density at radius 2 is 1.90 bits per heavy atom. The number of halogens is 3. The van der Waals surface area contributed by atoms with E-state index in [4.69, 9.17) is 5.11 Å². The standard InChI is InChI=1S/C22H21F3O3S/c23-22(24,25)18-13-19(26)17(11-9-14-5-2-1-3-6-14)16(18)8-4-7-15-10-12-20(29-15)21(27)28/h1-3,5-6,10,12,16-19,26H,4,7-8,13H2,(H,27,28)/t16-,17-,18-,19-/m1/s1. The summed E-state index contributed by atoms with van der Waals surface area (Å²) in [6, 6.07) is 12.2. The molecule has 0 unspecified atom stereocenters. The summed E-state index contributed by atoms with van der Waals surface area (Å²) in [4.78, 5) is 12.0. The minimum Gasteiger partial charge on any atom is -0.477 e. The van der Waals surface area contributed by atoms with Gasteiger partial charge in [0.05, 0.1) is 17.9 Å². The largest absolute Gasteiger partial charge is 0.477 e. The second-order valence-electron chi connectivity index (χ2n) is 7.24. The van der Waals surface area contributed by atoms with Crippen molar-refractivity contribution in [3.8, 4) is 11.8 Å². The van der Waals surface area contributed by atoms with Gasteiger partial charge in [0, 0.05) is 10.4 Å². The van der Waals surface area contributed by atoms with E-state index in [0.29, 0.717) is 18.4 Å². The van der Waals surface area contributed by atoms with Crippen LogP contribution in [0.1, 0.15) is 39.4 Å². The van der Waals surface area contributed by atoms with Gasteiger partial charge in [-0.15, -0.1) is 11.3 Å². The van der Waals surface area contributed by atoms with Gasteiger partial charge in [0.25, 0.3) is 0 Å². The fourth-order valence-electron chi connectivity index (χ4n) is 3.90. The van der Waals surface area contributed by atoms with Crippen molar-refractivity contribution in [2.45, 2.75) is 38.0 Å². The molecular weight excluding hydrogens is 401 g/mol. The quantitative estimate of drug-likeness (QED) is 0.667. The van der Waals surface area contributed by atoms with E-state index in [1.165, 1.54) is 6.07 Å². The summed E-state index contributed by atoms with van der Waals surface area (Å²) < 4.78 is 40.6. The third-order valence-electron chi connectivity index (χ3n) is 5.30. The van der Waals surface area contributed by atoms with Gasteiger partial charge in [-0.2, -0.15) is 13.2 Å². The second-order valence-corrected chi connectivity index (χ2v) is 8.41. The highest BCUT2D eigenvalue weighted by Crippen LogP contribution is 2.48. The Morgan fingerprint density at radius 3 is 2.52 bits per heavy atom. The molecule has 0 radical (unpaired) electrons. The molecule has 2 N–H and O–H groups in total. The van der Waals surface area contributed by atoms with E-state index in [9.17, 15) is 23.1 Å². The van der Waals surface area contributed by atoms with Crippen LogP contribution >= 0.6 is 11.3 Å².